The molecule has 0 bridgehead atoms. The van der Waals surface area contributed by atoms with Crippen LogP contribution in [0, 0.1) is 0 Å². The summed E-state index contributed by atoms with van der Waals surface area (Å²) in [6, 6.07) is 0.219. The molecule has 1 atom stereocenters. The van der Waals surface area contributed by atoms with E-state index in [4.69, 9.17) is 10.5 Å². The second-order valence-corrected chi connectivity index (χ2v) is 5.47. The lowest BCUT2D eigenvalue weighted by molar-refractivity contribution is 0.0139. The number of rotatable bonds is 0. The van der Waals surface area contributed by atoms with E-state index in [1.54, 1.807) is 4.90 Å². The number of amides is 1. The van der Waals surface area contributed by atoms with Gasteiger partial charge in [-0.3, -0.25) is 4.99 Å². The van der Waals surface area contributed by atoms with Gasteiger partial charge in [-0.15, -0.1) is 0 Å². The Kier molecular flexibility index (Phi) is 2.89. The molecule has 6 nitrogen and oxygen atoms in total. The smallest absolute Gasteiger partial charge is 0.410 e. The first kappa shape index (κ1) is 12.0. The third-order valence-corrected chi connectivity index (χ3v) is 2.89. The molecule has 17 heavy (non-hydrogen) atoms. The maximum Gasteiger partial charge on any atom is 0.410 e. The van der Waals surface area contributed by atoms with Crippen molar-refractivity contribution in [1.82, 2.24) is 9.80 Å². The fourth-order valence-electron chi connectivity index (χ4n) is 2.10. The van der Waals surface area contributed by atoms with E-state index in [2.05, 4.69) is 9.89 Å². The van der Waals surface area contributed by atoms with Gasteiger partial charge in [-0.2, -0.15) is 0 Å². The van der Waals surface area contributed by atoms with Gasteiger partial charge >= 0.3 is 6.09 Å². The SMILES string of the molecule is CC(C)(C)OC(=O)N1CCN2C(N)=NC[C@@H]2C1. The summed E-state index contributed by atoms with van der Waals surface area (Å²) < 4.78 is 5.35. The van der Waals surface area contributed by atoms with Crippen molar-refractivity contribution in [1.29, 1.82) is 0 Å². The van der Waals surface area contributed by atoms with Crippen LogP contribution in [0.25, 0.3) is 0 Å². The molecular formula is C11H20N4O2. The Morgan fingerprint density at radius 3 is 2.82 bits per heavy atom. The highest BCUT2D eigenvalue weighted by Crippen LogP contribution is 2.17. The van der Waals surface area contributed by atoms with E-state index in [1.807, 2.05) is 20.8 Å². The van der Waals surface area contributed by atoms with Crippen LogP contribution >= 0.6 is 0 Å². The van der Waals surface area contributed by atoms with Crippen LogP contribution in [-0.4, -0.2) is 59.7 Å². The highest BCUT2D eigenvalue weighted by molar-refractivity contribution is 5.80. The molecule has 2 aliphatic heterocycles. The fourth-order valence-corrected chi connectivity index (χ4v) is 2.10. The second kappa shape index (κ2) is 4.09. The monoisotopic (exact) mass is 240 g/mol. The Morgan fingerprint density at radius 1 is 1.47 bits per heavy atom. The fraction of sp³-hybridized carbons (Fsp3) is 0.818. The molecule has 2 aliphatic rings. The molecule has 1 saturated heterocycles. The molecule has 2 N–H and O–H groups in total. The van der Waals surface area contributed by atoms with E-state index in [-0.39, 0.29) is 12.1 Å². The summed E-state index contributed by atoms with van der Waals surface area (Å²) >= 11 is 0. The molecule has 96 valence electrons. The standard InChI is InChI=1S/C11H20N4O2/c1-11(2,3)17-10(16)14-4-5-15-8(7-14)6-13-9(15)12/h8H,4-7H2,1-3H3,(H2,12,13)/t8-/m1/s1. The molecule has 0 spiro atoms. The highest BCUT2D eigenvalue weighted by Gasteiger charge is 2.35. The summed E-state index contributed by atoms with van der Waals surface area (Å²) in [5.74, 6) is 0.596. The van der Waals surface area contributed by atoms with Gasteiger partial charge in [-0.05, 0) is 20.8 Å². The molecule has 2 heterocycles. The average Bonchev–Trinajstić information content (AvgIpc) is 2.57. The van der Waals surface area contributed by atoms with Gasteiger partial charge < -0.3 is 20.3 Å². The van der Waals surface area contributed by atoms with Crippen molar-refractivity contribution in [3.63, 3.8) is 0 Å². The Hall–Kier alpha value is -1.46. The zero-order valence-electron chi connectivity index (χ0n) is 10.6. The Balaban J connectivity index is 1.92. The molecule has 0 aromatic rings. The Morgan fingerprint density at radius 2 is 2.18 bits per heavy atom. The molecule has 0 aliphatic carbocycles. The summed E-state index contributed by atoms with van der Waals surface area (Å²) in [4.78, 5) is 19.9. The van der Waals surface area contributed by atoms with Crippen molar-refractivity contribution < 1.29 is 9.53 Å². The minimum absolute atomic E-state index is 0.219. The summed E-state index contributed by atoms with van der Waals surface area (Å²) in [6.45, 7) is 8.30. The molecule has 2 rings (SSSR count). The normalized spacial score (nSPS) is 24.4. The molecular weight excluding hydrogens is 220 g/mol. The number of fused-ring (bicyclic) bond motifs is 1. The van der Waals surface area contributed by atoms with Gasteiger partial charge in [0.15, 0.2) is 5.96 Å². The largest absolute Gasteiger partial charge is 0.444 e. The number of nitrogens with two attached hydrogens (primary N) is 1. The van der Waals surface area contributed by atoms with Crippen molar-refractivity contribution in [3.8, 4) is 0 Å². The van der Waals surface area contributed by atoms with E-state index >= 15 is 0 Å². The van der Waals surface area contributed by atoms with Crippen LogP contribution in [0.3, 0.4) is 0 Å². The lowest BCUT2D eigenvalue weighted by Crippen LogP contribution is -2.56. The number of hydrogen-bond acceptors (Lipinski definition) is 5. The topological polar surface area (TPSA) is 71.2 Å². The first-order valence-corrected chi connectivity index (χ1v) is 5.91. The van der Waals surface area contributed by atoms with Crippen LogP contribution in [0.1, 0.15) is 20.8 Å². The Bertz CT molecular complexity index is 348. The summed E-state index contributed by atoms with van der Waals surface area (Å²) in [5, 5.41) is 0. The van der Waals surface area contributed by atoms with Gasteiger partial charge in [0.05, 0.1) is 12.6 Å². The number of guanidine groups is 1. The predicted molar refractivity (Wildman–Crippen MR) is 64.8 cm³/mol. The van der Waals surface area contributed by atoms with Crippen LogP contribution in [0.2, 0.25) is 0 Å². The minimum atomic E-state index is -0.445. The molecule has 0 unspecified atom stereocenters. The van der Waals surface area contributed by atoms with Crippen molar-refractivity contribution in [2.24, 2.45) is 10.7 Å². The summed E-state index contributed by atoms with van der Waals surface area (Å²) in [6.07, 6.45) is -0.248. The predicted octanol–water partition coefficient (Wildman–Crippen LogP) is 0.236. The third kappa shape index (κ3) is 2.62. The van der Waals surface area contributed by atoms with Gasteiger partial charge in [0.1, 0.15) is 5.60 Å². The van der Waals surface area contributed by atoms with Gasteiger partial charge in [-0.1, -0.05) is 0 Å². The maximum absolute atomic E-state index is 11.9. The van der Waals surface area contributed by atoms with E-state index in [0.717, 1.165) is 6.54 Å². The zero-order chi connectivity index (χ0) is 12.6. The molecule has 0 radical (unpaired) electrons. The summed E-state index contributed by atoms with van der Waals surface area (Å²) in [5.41, 5.74) is 5.31. The molecule has 0 aromatic carbocycles. The second-order valence-electron chi connectivity index (χ2n) is 5.47. The lowest BCUT2D eigenvalue weighted by Gasteiger charge is -2.38. The number of nitrogens with zero attached hydrogens (tertiary/aromatic N) is 3. The molecule has 0 saturated carbocycles. The number of aliphatic imine (C=N–C) groups is 1. The quantitative estimate of drug-likeness (QED) is 0.658. The first-order chi connectivity index (χ1) is 7.87. The van der Waals surface area contributed by atoms with E-state index < -0.39 is 5.60 Å². The van der Waals surface area contributed by atoms with Crippen molar-refractivity contribution >= 4 is 12.1 Å². The average molecular weight is 240 g/mol. The van der Waals surface area contributed by atoms with Gasteiger partial charge in [-0.25, -0.2) is 4.79 Å². The molecule has 1 amide bonds. The van der Waals surface area contributed by atoms with E-state index in [9.17, 15) is 4.79 Å². The molecule has 0 aromatic heterocycles. The first-order valence-electron chi connectivity index (χ1n) is 5.91. The van der Waals surface area contributed by atoms with Crippen LogP contribution in [0.15, 0.2) is 4.99 Å². The van der Waals surface area contributed by atoms with Crippen molar-refractivity contribution in [2.45, 2.75) is 32.4 Å². The lowest BCUT2D eigenvalue weighted by atomic mass is 10.2. The number of hydrogen-bond donors (Lipinski definition) is 1. The molecule has 6 heteroatoms. The minimum Gasteiger partial charge on any atom is -0.444 e. The number of piperazine rings is 1. The van der Waals surface area contributed by atoms with Gasteiger partial charge in [0, 0.05) is 19.6 Å². The number of carbonyl (C=O) groups excluding carboxylic acids is 1. The van der Waals surface area contributed by atoms with Crippen LogP contribution < -0.4 is 5.73 Å². The number of ether oxygens (including phenoxy) is 1. The Labute approximate surface area is 101 Å². The van der Waals surface area contributed by atoms with Crippen LogP contribution in [-0.2, 0) is 4.74 Å². The van der Waals surface area contributed by atoms with E-state index in [0.29, 0.717) is 25.6 Å². The van der Waals surface area contributed by atoms with E-state index in [1.165, 1.54) is 0 Å². The highest BCUT2D eigenvalue weighted by atomic mass is 16.6. The van der Waals surface area contributed by atoms with Crippen LogP contribution in [0.5, 0.6) is 0 Å². The van der Waals surface area contributed by atoms with Crippen molar-refractivity contribution in [2.75, 3.05) is 26.2 Å². The molecule has 1 fully saturated rings. The van der Waals surface area contributed by atoms with Crippen LogP contribution in [0.4, 0.5) is 4.79 Å². The number of carbonyl (C=O) groups is 1. The zero-order valence-corrected chi connectivity index (χ0v) is 10.6. The maximum atomic E-state index is 11.9. The third-order valence-electron chi connectivity index (χ3n) is 2.89. The van der Waals surface area contributed by atoms with Gasteiger partial charge in [0.2, 0.25) is 0 Å². The van der Waals surface area contributed by atoms with Crippen molar-refractivity contribution in [3.05, 3.63) is 0 Å². The van der Waals surface area contributed by atoms with Gasteiger partial charge in [0.25, 0.3) is 0 Å². The summed E-state index contributed by atoms with van der Waals surface area (Å²) in [7, 11) is 0.